The molecular weight excluding hydrogens is 186 g/mol. The number of hydrogen-bond acceptors (Lipinski definition) is 2. The number of piperidine rings is 1. The minimum absolute atomic E-state index is 0.341. The van der Waals surface area contributed by atoms with Crippen LogP contribution in [0.5, 0.6) is 0 Å². The summed E-state index contributed by atoms with van der Waals surface area (Å²) in [6, 6.07) is 0.849. The van der Waals surface area contributed by atoms with Crippen LogP contribution in [0.4, 0.5) is 0 Å². The molecular formula is C13H25NO. The van der Waals surface area contributed by atoms with Crippen LogP contribution in [-0.4, -0.2) is 35.7 Å². The summed E-state index contributed by atoms with van der Waals surface area (Å²) >= 11 is 0. The lowest BCUT2D eigenvalue weighted by Gasteiger charge is -2.45. The van der Waals surface area contributed by atoms with E-state index in [9.17, 15) is 0 Å². The number of rotatable bonds is 3. The molecule has 1 saturated heterocycles. The first-order chi connectivity index (χ1) is 7.31. The molecule has 2 rings (SSSR count). The fourth-order valence-electron chi connectivity index (χ4n) is 3.41. The third-order valence-electron chi connectivity index (χ3n) is 4.22. The van der Waals surface area contributed by atoms with Gasteiger partial charge in [0.25, 0.3) is 0 Å². The molecule has 0 amide bonds. The van der Waals surface area contributed by atoms with Gasteiger partial charge in [0.1, 0.15) is 0 Å². The molecule has 1 aliphatic carbocycles. The van der Waals surface area contributed by atoms with Crippen LogP contribution in [-0.2, 0) is 0 Å². The van der Waals surface area contributed by atoms with Crippen molar-refractivity contribution in [1.29, 1.82) is 0 Å². The van der Waals surface area contributed by atoms with Gasteiger partial charge in [-0.15, -0.1) is 0 Å². The third kappa shape index (κ3) is 2.73. The fourth-order valence-corrected chi connectivity index (χ4v) is 3.41. The highest BCUT2D eigenvalue weighted by molar-refractivity contribution is 4.87. The summed E-state index contributed by atoms with van der Waals surface area (Å²) in [5.74, 6) is 1.42. The minimum Gasteiger partial charge on any atom is -0.396 e. The highest BCUT2D eigenvalue weighted by Gasteiger charge is 2.33. The summed E-state index contributed by atoms with van der Waals surface area (Å²) in [6.45, 7) is 4.88. The third-order valence-corrected chi connectivity index (χ3v) is 4.22. The molecule has 0 radical (unpaired) electrons. The summed E-state index contributed by atoms with van der Waals surface area (Å²) < 4.78 is 0. The molecule has 0 spiro atoms. The molecule has 0 aromatic carbocycles. The summed E-state index contributed by atoms with van der Waals surface area (Å²) in [7, 11) is 0. The molecule has 1 unspecified atom stereocenters. The molecule has 1 N–H and O–H groups in total. The standard InChI is InChI=1S/C13H25NO/c1-11(10-15)9-14-8-4-6-12-5-2-3-7-13(12)14/h11-13,15H,2-10H2,1H3/t11?,12-,13-/m1/s1. The Morgan fingerprint density at radius 3 is 2.73 bits per heavy atom. The zero-order valence-electron chi connectivity index (χ0n) is 9.99. The van der Waals surface area contributed by atoms with Crippen LogP contribution in [0, 0.1) is 11.8 Å². The average molecular weight is 211 g/mol. The van der Waals surface area contributed by atoms with Crippen molar-refractivity contribution in [3.8, 4) is 0 Å². The average Bonchev–Trinajstić information content (AvgIpc) is 2.29. The van der Waals surface area contributed by atoms with Gasteiger partial charge < -0.3 is 5.11 Å². The van der Waals surface area contributed by atoms with E-state index in [0.29, 0.717) is 12.5 Å². The molecule has 15 heavy (non-hydrogen) atoms. The van der Waals surface area contributed by atoms with E-state index in [-0.39, 0.29) is 0 Å². The Labute approximate surface area is 93.7 Å². The molecule has 0 aromatic heterocycles. The second-order valence-corrected chi connectivity index (χ2v) is 5.54. The normalized spacial score (nSPS) is 34.8. The molecule has 1 heterocycles. The van der Waals surface area contributed by atoms with E-state index in [1.807, 2.05) is 0 Å². The maximum atomic E-state index is 9.13. The Hall–Kier alpha value is -0.0800. The number of fused-ring (bicyclic) bond motifs is 1. The van der Waals surface area contributed by atoms with Crippen LogP contribution in [0.15, 0.2) is 0 Å². The van der Waals surface area contributed by atoms with Gasteiger partial charge in [0.15, 0.2) is 0 Å². The van der Waals surface area contributed by atoms with Crippen LogP contribution >= 0.6 is 0 Å². The second-order valence-electron chi connectivity index (χ2n) is 5.54. The van der Waals surface area contributed by atoms with Crippen molar-refractivity contribution in [2.75, 3.05) is 19.7 Å². The molecule has 2 nitrogen and oxygen atoms in total. The highest BCUT2D eigenvalue weighted by atomic mass is 16.3. The van der Waals surface area contributed by atoms with Gasteiger partial charge in [-0.3, -0.25) is 4.90 Å². The fraction of sp³-hybridized carbons (Fsp3) is 1.00. The Bertz CT molecular complexity index is 193. The van der Waals surface area contributed by atoms with Crippen LogP contribution in [0.25, 0.3) is 0 Å². The number of likely N-dealkylation sites (tertiary alicyclic amines) is 1. The highest BCUT2D eigenvalue weighted by Crippen LogP contribution is 2.35. The predicted molar refractivity (Wildman–Crippen MR) is 62.8 cm³/mol. The van der Waals surface area contributed by atoms with Crippen molar-refractivity contribution in [2.24, 2.45) is 11.8 Å². The van der Waals surface area contributed by atoms with Crippen LogP contribution in [0.2, 0.25) is 0 Å². The van der Waals surface area contributed by atoms with E-state index in [0.717, 1.165) is 18.5 Å². The van der Waals surface area contributed by atoms with E-state index in [4.69, 9.17) is 5.11 Å². The van der Waals surface area contributed by atoms with Crippen molar-refractivity contribution in [3.63, 3.8) is 0 Å². The van der Waals surface area contributed by atoms with Crippen molar-refractivity contribution < 1.29 is 5.11 Å². The first-order valence-corrected chi connectivity index (χ1v) is 6.66. The molecule has 1 saturated carbocycles. The van der Waals surface area contributed by atoms with Crippen LogP contribution in [0.1, 0.15) is 45.4 Å². The van der Waals surface area contributed by atoms with Gasteiger partial charge >= 0.3 is 0 Å². The Balaban J connectivity index is 1.91. The lowest BCUT2D eigenvalue weighted by Crippen LogP contribution is -2.48. The van der Waals surface area contributed by atoms with Gasteiger partial charge in [-0.05, 0) is 44.1 Å². The Kier molecular flexibility index (Phi) is 4.04. The second kappa shape index (κ2) is 5.31. The molecule has 2 aliphatic rings. The van der Waals surface area contributed by atoms with Gasteiger partial charge in [-0.1, -0.05) is 19.8 Å². The molecule has 3 atom stereocenters. The van der Waals surface area contributed by atoms with Crippen molar-refractivity contribution in [1.82, 2.24) is 4.90 Å². The van der Waals surface area contributed by atoms with E-state index in [1.165, 1.54) is 45.1 Å². The lowest BCUT2D eigenvalue weighted by atomic mass is 9.78. The largest absolute Gasteiger partial charge is 0.396 e. The molecule has 1 aliphatic heterocycles. The van der Waals surface area contributed by atoms with Gasteiger partial charge in [0, 0.05) is 19.2 Å². The topological polar surface area (TPSA) is 23.5 Å². The summed E-state index contributed by atoms with van der Waals surface area (Å²) in [5.41, 5.74) is 0. The van der Waals surface area contributed by atoms with E-state index >= 15 is 0 Å². The number of nitrogens with zero attached hydrogens (tertiary/aromatic N) is 1. The summed E-state index contributed by atoms with van der Waals surface area (Å²) in [5, 5.41) is 9.13. The Morgan fingerprint density at radius 2 is 1.93 bits per heavy atom. The zero-order chi connectivity index (χ0) is 10.7. The first-order valence-electron chi connectivity index (χ1n) is 6.66. The quantitative estimate of drug-likeness (QED) is 0.774. The monoisotopic (exact) mass is 211 g/mol. The lowest BCUT2D eigenvalue weighted by molar-refractivity contribution is 0.0418. The number of aliphatic hydroxyl groups is 1. The van der Waals surface area contributed by atoms with Crippen LogP contribution < -0.4 is 0 Å². The maximum Gasteiger partial charge on any atom is 0.0468 e. The number of aliphatic hydroxyl groups excluding tert-OH is 1. The molecule has 0 aromatic rings. The number of hydrogen-bond donors (Lipinski definition) is 1. The van der Waals surface area contributed by atoms with Gasteiger partial charge in [0.05, 0.1) is 0 Å². The zero-order valence-corrected chi connectivity index (χ0v) is 9.99. The van der Waals surface area contributed by atoms with E-state index < -0.39 is 0 Å². The molecule has 2 heteroatoms. The molecule has 0 bridgehead atoms. The van der Waals surface area contributed by atoms with Crippen molar-refractivity contribution in [3.05, 3.63) is 0 Å². The SMILES string of the molecule is CC(CO)CN1CCC[C@H]2CCCC[C@H]21. The van der Waals surface area contributed by atoms with Gasteiger partial charge in [-0.25, -0.2) is 0 Å². The predicted octanol–water partition coefficient (Wildman–Crippen LogP) is 2.27. The maximum absolute atomic E-state index is 9.13. The molecule has 2 fully saturated rings. The van der Waals surface area contributed by atoms with Gasteiger partial charge in [-0.2, -0.15) is 0 Å². The molecule has 88 valence electrons. The van der Waals surface area contributed by atoms with E-state index in [2.05, 4.69) is 11.8 Å². The summed E-state index contributed by atoms with van der Waals surface area (Å²) in [6.07, 6.45) is 8.56. The van der Waals surface area contributed by atoms with Crippen molar-refractivity contribution in [2.45, 2.75) is 51.5 Å². The smallest absolute Gasteiger partial charge is 0.0468 e. The minimum atomic E-state index is 0.341. The first kappa shape index (κ1) is 11.4. The van der Waals surface area contributed by atoms with Crippen LogP contribution in [0.3, 0.4) is 0 Å². The van der Waals surface area contributed by atoms with E-state index in [1.54, 1.807) is 0 Å². The van der Waals surface area contributed by atoms with Gasteiger partial charge in [0.2, 0.25) is 0 Å². The van der Waals surface area contributed by atoms with Crippen molar-refractivity contribution >= 4 is 0 Å². The Morgan fingerprint density at radius 1 is 1.20 bits per heavy atom. The summed E-state index contributed by atoms with van der Waals surface area (Å²) in [4.78, 5) is 2.66.